The molecule has 4 heteroatoms. The lowest BCUT2D eigenvalue weighted by Gasteiger charge is -2.33. The maximum Gasteiger partial charge on any atom is 0.221 e. The quantitative estimate of drug-likeness (QED) is 0.724. The molecule has 1 aliphatic heterocycles. The van der Waals surface area contributed by atoms with Gasteiger partial charge in [0.15, 0.2) is 0 Å². The van der Waals surface area contributed by atoms with Crippen LogP contribution in [0.3, 0.4) is 0 Å². The Morgan fingerprint density at radius 3 is 2.53 bits per heavy atom. The van der Waals surface area contributed by atoms with E-state index in [2.05, 4.69) is 29.4 Å². The number of nitrogens with zero attached hydrogens (tertiary/aromatic N) is 1. The third kappa shape index (κ3) is 6.03. The number of rotatable bonds is 6. The first kappa shape index (κ1) is 14.5. The molecule has 0 bridgehead atoms. The Bertz CT molecular complexity index is 223. The van der Waals surface area contributed by atoms with Crippen LogP contribution in [-0.4, -0.2) is 50.1 Å². The Balaban J connectivity index is 2.16. The molecule has 0 atom stereocenters. The zero-order valence-corrected chi connectivity index (χ0v) is 11.5. The molecule has 0 saturated carbocycles. The molecule has 0 unspecified atom stereocenters. The molecule has 0 aromatic carbocycles. The Hall–Kier alpha value is -0.610. The van der Waals surface area contributed by atoms with Crippen molar-refractivity contribution in [1.82, 2.24) is 15.5 Å². The van der Waals surface area contributed by atoms with E-state index in [0.29, 0.717) is 12.5 Å². The largest absolute Gasteiger partial charge is 0.353 e. The molecule has 0 radical (unpaired) electrons. The zero-order valence-electron chi connectivity index (χ0n) is 11.5. The van der Waals surface area contributed by atoms with Crippen LogP contribution in [0.5, 0.6) is 0 Å². The number of hydrogen-bond donors (Lipinski definition) is 2. The van der Waals surface area contributed by atoms with E-state index in [9.17, 15) is 4.79 Å². The molecule has 17 heavy (non-hydrogen) atoms. The van der Waals surface area contributed by atoms with Crippen molar-refractivity contribution < 1.29 is 4.79 Å². The van der Waals surface area contributed by atoms with Crippen LogP contribution in [0.4, 0.5) is 0 Å². The first-order valence-electron chi connectivity index (χ1n) is 6.78. The first-order valence-corrected chi connectivity index (χ1v) is 6.78. The number of hydrogen-bond acceptors (Lipinski definition) is 3. The summed E-state index contributed by atoms with van der Waals surface area (Å²) in [6.45, 7) is 8.69. The van der Waals surface area contributed by atoms with Gasteiger partial charge in [-0.1, -0.05) is 13.8 Å². The molecule has 0 aromatic heterocycles. The minimum absolute atomic E-state index is 0.182. The summed E-state index contributed by atoms with van der Waals surface area (Å²) in [7, 11) is 1.87. The molecule has 1 fully saturated rings. The van der Waals surface area contributed by atoms with E-state index >= 15 is 0 Å². The average Bonchev–Trinajstić information content (AvgIpc) is 2.28. The van der Waals surface area contributed by atoms with Crippen LogP contribution in [0.2, 0.25) is 0 Å². The predicted molar refractivity (Wildman–Crippen MR) is 71.0 cm³/mol. The first-order chi connectivity index (χ1) is 8.11. The van der Waals surface area contributed by atoms with E-state index in [-0.39, 0.29) is 5.91 Å². The second kappa shape index (κ2) is 7.67. The monoisotopic (exact) mass is 241 g/mol. The summed E-state index contributed by atoms with van der Waals surface area (Å²) < 4.78 is 0. The molecule has 2 N–H and O–H groups in total. The highest BCUT2D eigenvalue weighted by Crippen LogP contribution is 2.12. The van der Waals surface area contributed by atoms with Gasteiger partial charge >= 0.3 is 0 Å². The summed E-state index contributed by atoms with van der Waals surface area (Å²) in [5.41, 5.74) is 0. The highest BCUT2D eigenvalue weighted by molar-refractivity contribution is 5.76. The highest BCUT2D eigenvalue weighted by Gasteiger charge is 2.20. The SMILES string of the molecule is CNCCC(=O)NC1CCN(CC(C)C)CC1. The van der Waals surface area contributed by atoms with E-state index in [1.165, 1.54) is 6.54 Å². The number of likely N-dealkylation sites (tertiary alicyclic amines) is 1. The van der Waals surface area contributed by atoms with Crippen molar-refractivity contribution in [2.24, 2.45) is 5.92 Å². The van der Waals surface area contributed by atoms with E-state index in [1.807, 2.05) is 7.05 Å². The molecule has 0 aliphatic carbocycles. The standard InChI is InChI=1S/C13H27N3O/c1-11(2)10-16-8-5-12(6-9-16)15-13(17)4-7-14-3/h11-12,14H,4-10H2,1-3H3,(H,15,17). The van der Waals surface area contributed by atoms with Crippen molar-refractivity contribution in [3.8, 4) is 0 Å². The van der Waals surface area contributed by atoms with Crippen molar-refractivity contribution in [2.75, 3.05) is 33.2 Å². The molecule has 1 saturated heterocycles. The summed E-state index contributed by atoms with van der Waals surface area (Å²) in [6.07, 6.45) is 2.78. The van der Waals surface area contributed by atoms with Gasteiger partial charge in [0.25, 0.3) is 0 Å². The van der Waals surface area contributed by atoms with Gasteiger partial charge in [-0.15, -0.1) is 0 Å². The molecule has 0 aromatic rings. The molecule has 1 amide bonds. The van der Waals surface area contributed by atoms with Gasteiger partial charge in [0, 0.05) is 38.6 Å². The van der Waals surface area contributed by atoms with E-state index in [0.717, 1.165) is 38.4 Å². The minimum atomic E-state index is 0.182. The number of carbonyl (C=O) groups excluding carboxylic acids is 1. The Labute approximate surface area is 105 Å². The van der Waals surface area contributed by atoms with Crippen LogP contribution in [0, 0.1) is 5.92 Å². The molecule has 1 heterocycles. The van der Waals surface area contributed by atoms with Gasteiger partial charge in [0.1, 0.15) is 0 Å². The minimum Gasteiger partial charge on any atom is -0.353 e. The molecule has 100 valence electrons. The smallest absolute Gasteiger partial charge is 0.221 e. The average molecular weight is 241 g/mol. The number of piperidine rings is 1. The summed E-state index contributed by atoms with van der Waals surface area (Å²) in [4.78, 5) is 14.1. The van der Waals surface area contributed by atoms with E-state index in [4.69, 9.17) is 0 Å². The molecular formula is C13H27N3O. The zero-order chi connectivity index (χ0) is 12.7. The molecule has 0 spiro atoms. The third-order valence-electron chi connectivity index (χ3n) is 3.18. The lowest BCUT2D eigenvalue weighted by Crippen LogP contribution is -2.45. The summed E-state index contributed by atoms with van der Waals surface area (Å²) in [5, 5.41) is 6.12. The van der Waals surface area contributed by atoms with Crippen LogP contribution in [0.25, 0.3) is 0 Å². The summed E-state index contributed by atoms with van der Waals surface area (Å²) in [6, 6.07) is 0.391. The number of carbonyl (C=O) groups is 1. The van der Waals surface area contributed by atoms with Crippen LogP contribution in [0.1, 0.15) is 33.1 Å². The molecule has 4 nitrogen and oxygen atoms in total. The molecular weight excluding hydrogens is 214 g/mol. The van der Waals surface area contributed by atoms with Gasteiger partial charge in [0.05, 0.1) is 0 Å². The number of nitrogens with one attached hydrogen (secondary N) is 2. The van der Waals surface area contributed by atoms with Crippen LogP contribution < -0.4 is 10.6 Å². The Kier molecular flexibility index (Phi) is 6.52. The second-order valence-electron chi connectivity index (χ2n) is 5.39. The normalized spacial score (nSPS) is 18.6. The Morgan fingerprint density at radius 1 is 1.35 bits per heavy atom. The van der Waals surface area contributed by atoms with Crippen LogP contribution >= 0.6 is 0 Å². The second-order valence-corrected chi connectivity index (χ2v) is 5.39. The van der Waals surface area contributed by atoms with E-state index in [1.54, 1.807) is 0 Å². The molecule has 1 rings (SSSR count). The van der Waals surface area contributed by atoms with Crippen molar-refractivity contribution in [1.29, 1.82) is 0 Å². The fraction of sp³-hybridized carbons (Fsp3) is 0.923. The third-order valence-corrected chi connectivity index (χ3v) is 3.18. The van der Waals surface area contributed by atoms with Gasteiger partial charge < -0.3 is 15.5 Å². The maximum absolute atomic E-state index is 11.6. The molecule has 1 aliphatic rings. The summed E-state index contributed by atoms with van der Waals surface area (Å²) in [5.74, 6) is 0.915. The van der Waals surface area contributed by atoms with E-state index < -0.39 is 0 Å². The maximum atomic E-state index is 11.6. The van der Waals surface area contributed by atoms with Crippen molar-refractivity contribution >= 4 is 5.91 Å². The van der Waals surface area contributed by atoms with Gasteiger partial charge in [-0.3, -0.25) is 4.79 Å². The highest BCUT2D eigenvalue weighted by atomic mass is 16.1. The predicted octanol–water partition coefficient (Wildman–Crippen LogP) is 0.833. The Morgan fingerprint density at radius 2 is 2.00 bits per heavy atom. The van der Waals surface area contributed by atoms with Crippen molar-refractivity contribution in [3.63, 3.8) is 0 Å². The number of amides is 1. The van der Waals surface area contributed by atoms with Crippen LogP contribution in [0.15, 0.2) is 0 Å². The summed E-state index contributed by atoms with van der Waals surface area (Å²) >= 11 is 0. The van der Waals surface area contributed by atoms with Crippen molar-refractivity contribution in [3.05, 3.63) is 0 Å². The fourth-order valence-electron chi connectivity index (χ4n) is 2.31. The van der Waals surface area contributed by atoms with Gasteiger partial charge in [0.2, 0.25) is 5.91 Å². The van der Waals surface area contributed by atoms with Crippen LogP contribution in [-0.2, 0) is 4.79 Å². The van der Waals surface area contributed by atoms with Gasteiger partial charge in [-0.25, -0.2) is 0 Å². The lowest BCUT2D eigenvalue weighted by molar-refractivity contribution is -0.122. The fourth-order valence-corrected chi connectivity index (χ4v) is 2.31. The lowest BCUT2D eigenvalue weighted by atomic mass is 10.0. The van der Waals surface area contributed by atoms with Crippen molar-refractivity contribution in [2.45, 2.75) is 39.2 Å². The topological polar surface area (TPSA) is 44.4 Å². The van der Waals surface area contributed by atoms with Gasteiger partial charge in [-0.05, 0) is 25.8 Å². The van der Waals surface area contributed by atoms with Gasteiger partial charge in [-0.2, -0.15) is 0 Å².